The fraction of sp³-hybridized carbons (Fsp3) is 0.0833. The van der Waals surface area contributed by atoms with Crippen molar-refractivity contribution in [3.05, 3.63) is 100 Å². The molecule has 1 amide bonds. The Bertz CT molecular complexity index is 1550. The maximum Gasteiger partial charge on any atom is 0.276 e. The first-order valence-corrected chi connectivity index (χ1v) is 12.1. The Morgan fingerprint density at radius 2 is 1.79 bits per heavy atom. The van der Waals surface area contributed by atoms with Gasteiger partial charge in [-0.05, 0) is 54.4 Å². The largest absolute Gasteiger partial charge is 0.436 e. The predicted octanol–water partition coefficient (Wildman–Crippen LogP) is 4.83. The number of benzene rings is 3. The number of para-hydroxylation sites is 1. The summed E-state index contributed by atoms with van der Waals surface area (Å²) >= 11 is 5.70. The van der Waals surface area contributed by atoms with Gasteiger partial charge in [0.25, 0.3) is 15.9 Å². The number of nitrogens with zero attached hydrogens (tertiary/aromatic N) is 1. The molecule has 0 aliphatic carbocycles. The molecule has 0 saturated heterocycles. The summed E-state index contributed by atoms with van der Waals surface area (Å²) in [6.07, 6.45) is 0.861. The lowest BCUT2D eigenvalue weighted by atomic mass is 10.1. The highest BCUT2D eigenvalue weighted by molar-refractivity contribution is 7.89. The van der Waals surface area contributed by atoms with Gasteiger partial charge in [-0.3, -0.25) is 4.79 Å². The number of halogens is 2. The third-order valence-electron chi connectivity index (χ3n) is 4.99. The van der Waals surface area contributed by atoms with Crippen LogP contribution in [0.15, 0.2) is 87.2 Å². The second-order valence-electron chi connectivity index (χ2n) is 7.29. The van der Waals surface area contributed by atoms with Gasteiger partial charge in [0.1, 0.15) is 17.0 Å². The van der Waals surface area contributed by atoms with Crippen LogP contribution in [0.2, 0.25) is 5.02 Å². The Hall–Kier alpha value is -3.69. The van der Waals surface area contributed by atoms with Gasteiger partial charge >= 0.3 is 0 Å². The topological polar surface area (TPSA) is 101 Å². The SMILES string of the molecule is CCc1ccc(NC(=O)c2cc3ccccc3o/c2=N\NS(=O)(=O)c2ccc(F)c(Cl)c2)cc1. The Kier molecular flexibility index (Phi) is 6.67. The van der Waals surface area contributed by atoms with Gasteiger partial charge in [0.2, 0.25) is 5.55 Å². The first-order chi connectivity index (χ1) is 16.3. The molecule has 0 atom stereocenters. The van der Waals surface area contributed by atoms with Crippen LogP contribution in [0.25, 0.3) is 11.0 Å². The molecule has 0 aliphatic rings. The molecule has 0 bridgehead atoms. The molecule has 34 heavy (non-hydrogen) atoms. The van der Waals surface area contributed by atoms with E-state index in [2.05, 4.69) is 10.4 Å². The van der Waals surface area contributed by atoms with Crippen molar-refractivity contribution in [2.75, 3.05) is 5.32 Å². The van der Waals surface area contributed by atoms with Gasteiger partial charge < -0.3 is 9.73 Å². The van der Waals surface area contributed by atoms with Gasteiger partial charge in [-0.2, -0.15) is 13.2 Å². The number of carbonyl (C=O) groups is 1. The van der Waals surface area contributed by atoms with Crippen LogP contribution in [0.1, 0.15) is 22.8 Å². The highest BCUT2D eigenvalue weighted by Crippen LogP contribution is 2.19. The van der Waals surface area contributed by atoms with Crippen molar-refractivity contribution < 1.29 is 22.0 Å². The molecular weight excluding hydrogens is 481 g/mol. The first kappa shape index (κ1) is 23.5. The highest BCUT2D eigenvalue weighted by Gasteiger charge is 2.17. The van der Waals surface area contributed by atoms with Crippen LogP contribution in [0, 0.1) is 5.82 Å². The van der Waals surface area contributed by atoms with Crippen molar-refractivity contribution in [2.45, 2.75) is 18.2 Å². The maximum absolute atomic E-state index is 13.4. The van der Waals surface area contributed by atoms with E-state index in [0.717, 1.165) is 30.2 Å². The molecule has 7 nitrogen and oxygen atoms in total. The number of fused-ring (bicyclic) bond motifs is 1. The number of rotatable bonds is 6. The zero-order valence-electron chi connectivity index (χ0n) is 17.9. The van der Waals surface area contributed by atoms with Crippen molar-refractivity contribution in [3.63, 3.8) is 0 Å². The lowest BCUT2D eigenvalue weighted by molar-refractivity contribution is 0.102. The van der Waals surface area contributed by atoms with E-state index in [4.69, 9.17) is 16.0 Å². The van der Waals surface area contributed by atoms with E-state index in [-0.39, 0.29) is 21.0 Å². The number of sulfonamides is 1. The van der Waals surface area contributed by atoms with E-state index in [1.807, 2.05) is 23.9 Å². The molecule has 4 rings (SSSR count). The molecule has 0 unspecified atom stereocenters. The second kappa shape index (κ2) is 9.66. The van der Waals surface area contributed by atoms with Crippen molar-refractivity contribution in [1.29, 1.82) is 0 Å². The summed E-state index contributed by atoms with van der Waals surface area (Å²) in [6, 6.07) is 18.7. The molecule has 0 fully saturated rings. The molecule has 2 N–H and O–H groups in total. The molecule has 10 heteroatoms. The molecule has 0 aliphatic heterocycles. The van der Waals surface area contributed by atoms with Crippen LogP contribution < -0.4 is 15.7 Å². The van der Waals surface area contributed by atoms with E-state index in [1.165, 1.54) is 0 Å². The van der Waals surface area contributed by atoms with Crippen LogP contribution in [-0.4, -0.2) is 14.3 Å². The number of amides is 1. The number of aryl methyl sites for hydroxylation is 1. The molecule has 1 aromatic heterocycles. The number of hydrogen-bond donors (Lipinski definition) is 2. The van der Waals surface area contributed by atoms with Crippen LogP contribution in [0.5, 0.6) is 0 Å². The summed E-state index contributed by atoms with van der Waals surface area (Å²) in [5.74, 6) is -1.30. The Morgan fingerprint density at radius 3 is 2.50 bits per heavy atom. The molecule has 0 saturated carbocycles. The molecule has 0 radical (unpaired) electrons. The number of anilines is 1. The quantitative estimate of drug-likeness (QED) is 0.371. The molecule has 4 aromatic rings. The van der Waals surface area contributed by atoms with E-state index < -0.39 is 21.7 Å². The molecule has 0 spiro atoms. The summed E-state index contributed by atoms with van der Waals surface area (Å²) in [5.41, 5.74) is 1.83. The number of carbonyl (C=O) groups excluding carboxylic acids is 1. The van der Waals surface area contributed by atoms with Gasteiger partial charge in [-0.1, -0.05) is 48.9 Å². The van der Waals surface area contributed by atoms with Gasteiger partial charge in [0.15, 0.2) is 0 Å². The van der Waals surface area contributed by atoms with Gasteiger partial charge in [-0.25, -0.2) is 4.39 Å². The van der Waals surface area contributed by atoms with Crippen molar-refractivity contribution in [2.24, 2.45) is 5.10 Å². The van der Waals surface area contributed by atoms with Crippen LogP contribution in [-0.2, 0) is 16.4 Å². The average molecular weight is 500 g/mol. The average Bonchev–Trinajstić information content (AvgIpc) is 2.84. The molecule has 174 valence electrons. The first-order valence-electron chi connectivity index (χ1n) is 10.2. The third kappa shape index (κ3) is 5.11. The summed E-state index contributed by atoms with van der Waals surface area (Å²) in [7, 11) is -4.22. The zero-order valence-corrected chi connectivity index (χ0v) is 19.5. The van der Waals surface area contributed by atoms with Gasteiger partial charge in [0.05, 0.1) is 9.92 Å². The van der Waals surface area contributed by atoms with E-state index in [0.29, 0.717) is 16.7 Å². The number of nitrogens with one attached hydrogen (secondary N) is 2. The summed E-state index contributed by atoms with van der Waals surface area (Å²) in [4.78, 5) is 14.8. The van der Waals surface area contributed by atoms with Crippen molar-refractivity contribution in [3.8, 4) is 0 Å². The fourth-order valence-corrected chi connectivity index (χ4v) is 4.21. The van der Waals surface area contributed by atoms with Crippen LogP contribution in [0.3, 0.4) is 0 Å². The minimum absolute atomic E-state index is 0.0121. The normalized spacial score (nSPS) is 12.0. The summed E-state index contributed by atoms with van der Waals surface area (Å²) in [6.45, 7) is 2.03. The van der Waals surface area contributed by atoms with Crippen molar-refractivity contribution in [1.82, 2.24) is 4.83 Å². The Labute approximate surface area is 199 Å². The van der Waals surface area contributed by atoms with E-state index >= 15 is 0 Å². The monoisotopic (exact) mass is 499 g/mol. The highest BCUT2D eigenvalue weighted by atomic mass is 35.5. The summed E-state index contributed by atoms with van der Waals surface area (Å²) < 4.78 is 44.4. The van der Waals surface area contributed by atoms with Gasteiger partial charge in [0, 0.05) is 11.1 Å². The minimum atomic E-state index is -4.22. The van der Waals surface area contributed by atoms with Gasteiger partial charge in [-0.15, -0.1) is 5.10 Å². The standard InChI is InChI=1S/C24H19ClFN3O4S/c1-2-15-7-9-17(10-8-15)27-23(30)19-13-16-5-3-4-6-22(16)33-24(19)28-29-34(31,32)18-11-12-21(26)20(25)14-18/h3-14,29H,2H2,1H3,(H,27,30)/b28-24-. The lowest BCUT2D eigenvalue weighted by Crippen LogP contribution is -2.27. The second-order valence-corrected chi connectivity index (χ2v) is 9.36. The third-order valence-corrected chi connectivity index (χ3v) is 6.49. The Morgan fingerprint density at radius 1 is 1.06 bits per heavy atom. The fourth-order valence-electron chi connectivity index (χ4n) is 3.14. The maximum atomic E-state index is 13.4. The minimum Gasteiger partial charge on any atom is -0.436 e. The summed E-state index contributed by atoms with van der Waals surface area (Å²) in [5, 5.41) is 6.88. The van der Waals surface area contributed by atoms with Crippen LogP contribution >= 0.6 is 11.6 Å². The zero-order chi connectivity index (χ0) is 24.3. The Balaban J connectivity index is 1.73. The van der Waals surface area contributed by atoms with E-state index in [1.54, 1.807) is 42.5 Å². The lowest BCUT2D eigenvalue weighted by Gasteiger charge is -2.08. The number of hydrogen-bond acceptors (Lipinski definition) is 5. The molecule has 1 heterocycles. The van der Waals surface area contributed by atoms with Crippen LogP contribution in [0.4, 0.5) is 10.1 Å². The smallest absolute Gasteiger partial charge is 0.276 e. The predicted molar refractivity (Wildman–Crippen MR) is 127 cm³/mol. The molecular formula is C24H19ClFN3O4S. The van der Waals surface area contributed by atoms with E-state index in [9.17, 15) is 17.6 Å². The molecule has 3 aromatic carbocycles. The van der Waals surface area contributed by atoms with Crippen molar-refractivity contribution >= 4 is 44.2 Å².